The van der Waals surface area contributed by atoms with E-state index in [1.54, 1.807) is 9.80 Å². The molecule has 7 nitrogen and oxygen atoms in total. The van der Waals surface area contributed by atoms with Gasteiger partial charge in [0.15, 0.2) is 0 Å². The summed E-state index contributed by atoms with van der Waals surface area (Å²) in [7, 11) is 2.52. The van der Waals surface area contributed by atoms with Gasteiger partial charge in [0.25, 0.3) is 0 Å². The number of carbonyl (C=O) groups excluding carboxylic acids is 3. The van der Waals surface area contributed by atoms with Crippen LogP contribution in [0.5, 0.6) is 0 Å². The van der Waals surface area contributed by atoms with Gasteiger partial charge in [-0.3, -0.25) is 9.59 Å². The number of hydrogen-bond acceptors (Lipinski definition) is 3. The number of nitrogens with zero attached hydrogens (tertiary/aromatic N) is 2. The predicted molar refractivity (Wildman–Crippen MR) is 120 cm³/mol. The molecule has 0 spiro atoms. The predicted octanol–water partition coefficient (Wildman–Crippen LogP) is 2.43. The molecule has 0 aromatic heterocycles. The molecule has 8 heteroatoms. The second kappa shape index (κ2) is 10.8. The number of benzene rings is 1. The van der Waals surface area contributed by atoms with E-state index >= 15 is 0 Å². The summed E-state index contributed by atoms with van der Waals surface area (Å²) in [5, 5.41) is 5.96. The van der Waals surface area contributed by atoms with Crippen molar-refractivity contribution in [2.45, 2.75) is 57.5 Å². The minimum Gasteiger partial charge on any atom is -0.347 e. The van der Waals surface area contributed by atoms with Gasteiger partial charge in [-0.25, -0.2) is 4.79 Å². The Hall–Kier alpha value is -2.14. The molecule has 0 saturated carbocycles. The summed E-state index contributed by atoms with van der Waals surface area (Å²) in [6.45, 7) is 3.35. The number of fused-ring (bicyclic) bond motifs is 1. The van der Waals surface area contributed by atoms with E-state index < -0.39 is 6.04 Å². The highest BCUT2D eigenvalue weighted by atomic mass is 31.0. The third-order valence-electron chi connectivity index (χ3n) is 5.99. The van der Waals surface area contributed by atoms with Crippen LogP contribution in [0.1, 0.15) is 56.2 Å². The number of carbonyl (C=O) groups is 3. The highest BCUT2D eigenvalue weighted by molar-refractivity contribution is 7.16. The van der Waals surface area contributed by atoms with Crippen LogP contribution in [-0.4, -0.2) is 59.6 Å². The summed E-state index contributed by atoms with van der Waals surface area (Å²) in [5.41, 5.74) is 2.50. The van der Waals surface area contributed by atoms with Crippen molar-refractivity contribution in [2.75, 3.05) is 25.9 Å². The molecule has 2 unspecified atom stereocenters. The number of amides is 4. The molecule has 1 fully saturated rings. The molecule has 0 bridgehead atoms. The van der Waals surface area contributed by atoms with Gasteiger partial charge in [0.2, 0.25) is 11.8 Å². The number of likely N-dealkylation sites (tertiary alicyclic amines) is 1. The number of rotatable bonds is 7. The highest BCUT2D eigenvalue weighted by Crippen LogP contribution is 2.30. The summed E-state index contributed by atoms with van der Waals surface area (Å²) < 4.78 is 0. The number of nitrogens with one attached hydrogen (secondary N) is 2. The zero-order chi connectivity index (χ0) is 21.5. The summed E-state index contributed by atoms with van der Waals surface area (Å²) >= 11 is 0. The van der Waals surface area contributed by atoms with Crippen LogP contribution in [0.3, 0.4) is 0 Å². The summed E-state index contributed by atoms with van der Waals surface area (Å²) in [6.07, 6.45) is 5.24. The van der Waals surface area contributed by atoms with Crippen molar-refractivity contribution < 1.29 is 14.4 Å². The minimum atomic E-state index is -0.416. The zero-order valence-corrected chi connectivity index (χ0v) is 18.9. The van der Waals surface area contributed by atoms with Crippen LogP contribution in [-0.2, 0) is 16.0 Å². The maximum atomic E-state index is 13.0. The van der Waals surface area contributed by atoms with Gasteiger partial charge in [-0.2, -0.15) is 0 Å². The molecule has 1 aromatic carbocycles. The maximum absolute atomic E-state index is 13.0. The smallest absolute Gasteiger partial charge is 0.317 e. The third-order valence-corrected chi connectivity index (χ3v) is 6.43. The van der Waals surface area contributed by atoms with E-state index in [1.807, 2.05) is 19.1 Å². The lowest BCUT2D eigenvalue weighted by molar-refractivity contribution is -0.138. The topological polar surface area (TPSA) is 81.8 Å². The van der Waals surface area contributed by atoms with Crippen molar-refractivity contribution in [1.82, 2.24) is 20.4 Å². The molecule has 2 N–H and O–H groups in total. The van der Waals surface area contributed by atoms with Crippen molar-refractivity contribution in [3.05, 3.63) is 35.4 Å². The van der Waals surface area contributed by atoms with Crippen molar-refractivity contribution in [2.24, 2.45) is 0 Å². The molecule has 1 aliphatic heterocycles. The molecule has 1 aliphatic carbocycles. The van der Waals surface area contributed by atoms with E-state index in [4.69, 9.17) is 0 Å². The van der Waals surface area contributed by atoms with E-state index in [9.17, 15) is 14.4 Å². The second-order valence-electron chi connectivity index (χ2n) is 7.93. The van der Waals surface area contributed by atoms with Crippen LogP contribution in [0.2, 0.25) is 0 Å². The number of hydrogen-bond donors (Lipinski definition) is 2. The van der Waals surface area contributed by atoms with Gasteiger partial charge in [-0.15, -0.1) is 9.24 Å². The summed E-state index contributed by atoms with van der Waals surface area (Å²) in [5.74, 6) is -0.126. The first kappa shape index (κ1) is 22.5. The average molecular weight is 433 g/mol. The lowest BCUT2D eigenvalue weighted by atomic mass is 9.87. The van der Waals surface area contributed by atoms with Crippen LogP contribution in [0.15, 0.2) is 24.3 Å². The van der Waals surface area contributed by atoms with Crippen LogP contribution < -0.4 is 10.6 Å². The molecule has 1 aromatic rings. The fourth-order valence-corrected chi connectivity index (χ4v) is 4.77. The molecule has 3 atom stereocenters. The Bertz CT molecular complexity index is 773. The molecular weight excluding hydrogens is 399 g/mol. The fraction of sp³-hybridized carbons (Fsp3) is 0.591. The molecule has 164 valence electrons. The SMILES string of the molecule is CCNC(=O)N(CP)CCC(=O)N1CCCC1C(=O)N[C@@H]1CCCc2ccccc21. The number of urea groups is 1. The van der Waals surface area contributed by atoms with Crippen molar-refractivity contribution in [3.8, 4) is 0 Å². The Kier molecular flexibility index (Phi) is 8.08. The highest BCUT2D eigenvalue weighted by Gasteiger charge is 2.35. The normalized spacial score (nSPS) is 20.4. The Balaban J connectivity index is 1.58. The minimum absolute atomic E-state index is 0.0188. The lowest BCUT2D eigenvalue weighted by Gasteiger charge is -2.30. The van der Waals surface area contributed by atoms with E-state index in [-0.39, 0.29) is 30.3 Å². The molecule has 1 heterocycles. The standard InChI is InChI=1S/C22H33N4O3P/c1-2-23-22(29)25(15-30)14-12-20(27)26-13-6-11-19(26)21(28)24-18-10-5-8-16-7-3-4-9-17(16)18/h3-4,7,9,18-19H,2,5-6,8,10-15,30H2,1H3,(H,23,29)(H,24,28)/t18-,19?/m1/s1. The van der Waals surface area contributed by atoms with E-state index in [2.05, 4.69) is 32.0 Å². The van der Waals surface area contributed by atoms with Gasteiger partial charge >= 0.3 is 6.03 Å². The van der Waals surface area contributed by atoms with Crippen LogP contribution >= 0.6 is 9.24 Å². The van der Waals surface area contributed by atoms with E-state index in [1.165, 1.54) is 11.1 Å². The van der Waals surface area contributed by atoms with Gasteiger partial charge in [0, 0.05) is 32.3 Å². The average Bonchev–Trinajstić information content (AvgIpc) is 3.25. The first-order valence-corrected chi connectivity index (χ1v) is 11.8. The molecule has 3 rings (SSSR count). The lowest BCUT2D eigenvalue weighted by Crippen LogP contribution is -2.48. The molecule has 4 amide bonds. The van der Waals surface area contributed by atoms with Gasteiger partial charge < -0.3 is 20.4 Å². The molecular formula is C22H33N4O3P. The third kappa shape index (κ3) is 5.31. The molecule has 2 aliphatic rings. The van der Waals surface area contributed by atoms with Gasteiger partial charge in [0.1, 0.15) is 6.04 Å². The zero-order valence-electron chi connectivity index (χ0n) is 17.7. The Morgan fingerprint density at radius 2 is 2.00 bits per heavy atom. The first-order chi connectivity index (χ1) is 14.5. The van der Waals surface area contributed by atoms with Crippen LogP contribution in [0.25, 0.3) is 0 Å². The summed E-state index contributed by atoms with van der Waals surface area (Å²) in [6, 6.07) is 7.71. The molecule has 0 radical (unpaired) electrons. The quantitative estimate of drug-likeness (QED) is 0.650. The van der Waals surface area contributed by atoms with Crippen molar-refractivity contribution in [3.63, 3.8) is 0 Å². The Morgan fingerprint density at radius 3 is 2.77 bits per heavy atom. The molecule has 1 saturated heterocycles. The monoisotopic (exact) mass is 432 g/mol. The first-order valence-electron chi connectivity index (χ1n) is 11.0. The maximum Gasteiger partial charge on any atom is 0.317 e. The number of aryl methyl sites for hydroxylation is 1. The van der Waals surface area contributed by atoms with Crippen LogP contribution in [0.4, 0.5) is 4.79 Å². The Morgan fingerprint density at radius 1 is 1.20 bits per heavy atom. The van der Waals surface area contributed by atoms with Gasteiger partial charge in [-0.05, 0) is 50.2 Å². The van der Waals surface area contributed by atoms with E-state index in [0.717, 1.165) is 25.7 Å². The summed E-state index contributed by atoms with van der Waals surface area (Å²) in [4.78, 5) is 41.2. The van der Waals surface area contributed by atoms with Crippen LogP contribution in [0, 0.1) is 0 Å². The van der Waals surface area contributed by atoms with Gasteiger partial charge in [0.05, 0.1) is 6.04 Å². The van der Waals surface area contributed by atoms with Gasteiger partial charge in [-0.1, -0.05) is 24.3 Å². The van der Waals surface area contributed by atoms with Crippen molar-refractivity contribution >= 4 is 27.1 Å². The van der Waals surface area contributed by atoms with Crippen molar-refractivity contribution in [1.29, 1.82) is 0 Å². The van der Waals surface area contributed by atoms with E-state index in [0.29, 0.717) is 32.3 Å². The largest absolute Gasteiger partial charge is 0.347 e. The molecule has 30 heavy (non-hydrogen) atoms. The Labute approximate surface area is 181 Å². The fourth-order valence-electron chi connectivity index (χ4n) is 4.42. The second-order valence-corrected chi connectivity index (χ2v) is 8.29.